The number of aliphatic carboxylic acids is 2. The third-order valence-electron chi connectivity index (χ3n) is 13.1. The Kier molecular flexibility index (Phi) is 26.0. The van der Waals surface area contributed by atoms with Crippen molar-refractivity contribution in [3.63, 3.8) is 0 Å². The molecular weight excluding hydrogens is 1070 g/mol. The van der Waals surface area contributed by atoms with Gasteiger partial charge in [-0.1, -0.05) is 81.8 Å². The van der Waals surface area contributed by atoms with Crippen LogP contribution in [0, 0.1) is 11.8 Å². The maximum Gasteiger partial charge on any atom is 0.326 e. The van der Waals surface area contributed by atoms with Crippen LogP contribution in [0.15, 0.2) is 84.5 Å². The minimum Gasteiger partial charge on any atom is -0.508 e. The minimum absolute atomic E-state index is 0.00211. The number of rotatable bonds is 29. The number of carboxylic acid groups (broad SMARTS) is 2. The SMILES string of the molecule is CC[C@H](C)[C@H](NC(=O)[C@H](Cc1ccc(O)cc1)NC(=O)[C@@H](NC(=O)[C@H](CCCN=C(N)N)NC(=O)[C@@H](N)CC(=O)O)C(C)C)C(=O)N[C@@H](Cc1cnc[nH]1)C(=O)N1CCC[C@H]1C(=O)N[C@@H](Cc1ccccc1)C(=O)O.Sn1ccnn1. The van der Waals surface area contributed by atoms with Gasteiger partial charge in [-0.25, -0.2) is 9.78 Å². The first-order valence-corrected chi connectivity index (χ1v) is 26.6. The molecule has 0 radical (unpaired) electrons. The monoisotopic (exact) mass is 1150 g/mol. The number of hydrogen-bond acceptors (Lipinski definition) is 16. The number of aromatic nitrogens is 5. The van der Waals surface area contributed by atoms with E-state index in [0.717, 1.165) is 0 Å². The fourth-order valence-electron chi connectivity index (χ4n) is 8.52. The molecule has 16 N–H and O–H groups in total. The predicted molar refractivity (Wildman–Crippen MR) is 297 cm³/mol. The van der Waals surface area contributed by atoms with Crippen LogP contribution in [0.25, 0.3) is 0 Å². The number of nitrogens with two attached hydrogens (primary N) is 3. The molecule has 9 atom stereocenters. The van der Waals surface area contributed by atoms with Gasteiger partial charge in [0.1, 0.15) is 48.0 Å². The van der Waals surface area contributed by atoms with Crippen molar-refractivity contribution in [2.45, 2.75) is 134 Å². The number of hydrogen-bond donors (Lipinski definition) is 14. The van der Waals surface area contributed by atoms with Gasteiger partial charge in [0.2, 0.25) is 41.4 Å². The molecule has 1 saturated heterocycles. The van der Waals surface area contributed by atoms with Gasteiger partial charge in [0.05, 0.1) is 31.2 Å². The number of carbonyl (C=O) groups is 9. The third kappa shape index (κ3) is 21.5. The van der Waals surface area contributed by atoms with E-state index in [1.54, 1.807) is 70.4 Å². The number of guanidine groups is 1. The van der Waals surface area contributed by atoms with Crippen LogP contribution in [0.3, 0.4) is 0 Å². The van der Waals surface area contributed by atoms with Crippen LogP contribution in [0.5, 0.6) is 5.75 Å². The van der Waals surface area contributed by atoms with Crippen LogP contribution >= 0.6 is 12.8 Å². The van der Waals surface area contributed by atoms with Crippen LogP contribution in [0.4, 0.5) is 0 Å². The Balaban J connectivity index is 0.00000220. The second-order valence-corrected chi connectivity index (χ2v) is 20.1. The van der Waals surface area contributed by atoms with Gasteiger partial charge in [0.15, 0.2) is 5.96 Å². The molecule has 440 valence electrons. The average Bonchev–Trinajstić information content (AvgIpc) is 4.25. The van der Waals surface area contributed by atoms with E-state index in [9.17, 15) is 58.5 Å². The number of nitrogens with zero attached hydrogens (tertiary/aromatic N) is 6. The largest absolute Gasteiger partial charge is 0.508 e. The van der Waals surface area contributed by atoms with Gasteiger partial charge in [-0.15, -0.1) is 5.10 Å². The van der Waals surface area contributed by atoms with Crippen molar-refractivity contribution in [3.8, 4) is 5.75 Å². The number of nitrogens with one attached hydrogen (secondary N) is 7. The van der Waals surface area contributed by atoms with E-state index in [1.807, 2.05) is 0 Å². The first-order valence-electron chi connectivity index (χ1n) is 26.2. The zero-order chi connectivity index (χ0) is 59.8. The first kappa shape index (κ1) is 64.9. The van der Waals surface area contributed by atoms with Crippen LogP contribution in [-0.2, 0) is 62.4 Å². The lowest BCUT2D eigenvalue weighted by Crippen LogP contribution is -2.62. The van der Waals surface area contributed by atoms with Crippen molar-refractivity contribution in [1.82, 2.24) is 61.2 Å². The number of aromatic amines is 1. The van der Waals surface area contributed by atoms with Crippen LogP contribution in [0.2, 0.25) is 0 Å². The molecule has 1 aliphatic heterocycles. The minimum atomic E-state index is -1.51. The second-order valence-electron chi connectivity index (χ2n) is 19.7. The van der Waals surface area contributed by atoms with E-state index >= 15 is 0 Å². The van der Waals surface area contributed by atoms with Crippen molar-refractivity contribution in [3.05, 3.63) is 96.3 Å². The van der Waals surface area contributed by atoms with Crippen LogP contribution in [-0.4, -0.2) is 165 Å². The summed E-state index contributed by atoms with van der Waals surface area (Å²) in [4.78, 5) is 134. The zero-order valence-electron chi connectivity index (χ0n) is 45.4. The summed E-state index contributed by atoms with van der Waals surface area (Å²) in [5, 5.41) is 52.0. The molecule has 0 spiro atoms. The number of aliphatic imine (C=N–C) groups is 1. The number of carboxylic acids is 2. The third-order valence-corrected chi connectivity index (χ3v) is 13.3. The van der Waals surface area contributed by atoms with E-state index in [0.29, 0.717) is 29.7 Å². The summed E-state index contributed by atoms with van der Waals surface area (Å²) >= 11 is 3.78. The average molecular weight is 1150 g/mol. The number of aromatic hydroxyl groups is 1. The van der Waals surface area contributed by atoms with Gasteiger partial charge >= 0.3 is 11.9 Å². The standard InChI is InChI=1S/C50H71N13O12.C2H3N3S/c1-5-28(4)41(47(72)59-36(23-31-25-54-26-56-31)48(73)63-20-10-14-38(63)45(70)60-37(49(74)75)22-29-11-7-6-8-12-29)62-44(69)35(21-30-15-17-32(64)18-16-30)58-46(71)40(27(2)3)61-43(68)34(13-9-19-55-50(52)53)57-42(67)33(51)24-39(65)66;6-5-2-1-3-4-5/h6-8,11-12,15-18,25-28,33-38,40-41,64H,5,9-10,13-14,19-24,51H2,1-4H3,(H,54,56)(H,57,67)(H,58,71)(H,59,72)(H,60,70)(H,61,68)(H,62,69)(H,65,66)(H,74,75)(H4,52,53,55);1-2,6H/t28-,33-,34-,35-,36-,37-,38-,40-,41-;/m0./s1. The van der Waals surface area contributed by atoms with E-state index in [-0.39, 0.29) is 63.3 Å². The molecular formula is C52H74N16O12S. The van der Waals surface area contributed by atoms with Gasteiger partial charge in [0, 0.05) is 44.2 Å². The molecule has 28 nitrogen and oxygen atoms in total. The maximum absolute atomic E-state index is 14.6. The summed E-state index contributed by atoms with van der Waals surface area (Å²) in [5.74, 6) is -9.64. The molecule has 29 heteroatoms. The van der Waals surface area contributed by atoms with Crippen molar-refractivity contribution < 1.29 is 58.5 Å². The Morgan fingerprint density at radius 1 is 0.778 bits per heavy atom. The number of H-pyrrole nitrogens is 1. The molecule has 1 aliphatic rings. The summed E-state index contributed by atoms with van der Waals surface area (Å²) < 4.78 is 1.33. The van der Waals surface area contributed by atoms with E-state index in [1.165, 1.54) is 45.8 Å². The van der Waals surface area contributed by atoms with Crippen molar-refractivity contribution in [2.24, 2.45) is 34.0 Å². The van der Waals surface area contributed by atoms with Gasteiger partial charge in [-0.3, -0.25) is 43.3 Å². The molecule has 1 fully saturated rings. The number of phenols is 1. The number of imidazole rings is 1. The predicted octanol–water partition coefficient (Wildman–Crippen LogP) is -1.34. The summed E-state index contributed by atoms with van der Waals surface area (Å²) in [6.45, 7) is 6.90. The molecule has 5 rings (SSSR count). The number of thiol groups is 1. The van der Waals surface area contributed by atoms with Crippen LogP contribution < -0.4 is 49.1 Å². The molecule has 7 amide bonds. The normalized spacial score (nSPS) is 15.8. The fourth-order valence-corrected chi connectivity index (χ4v) is 8.62. The molecule has 2 aromatic heterocycles. The Labute approximate surface area is 473 Å². The molecule has 3 heterocycles. The Hall–Kier alpha value is -8.60. The molecule has 0 saturated carbocycles. The van der Waals surface area contributed by atoms with E-state index in [2.05, 4.69) is 70.0 Å². The highest BCUT2D eigenvalue weighted by Crippen LogP contribution is 2.21. The Morgan fingerprint density at radius 2 is 1.40 bits per heavy atom. The Bertz CT molecular complexity index is 2730. The highest BCUT2D eigenvalue weighted by molar-refractivity contribution is 7.78. The smallest absolute Gasteiger partial charge is 0.326 e. The summed E-state index contributed by atoms with van der Waals surface area (Å²) in [6.07, 6.45) is 6.12. The van der Waals surface area contributed by atoms with Crippen molar-refractivity contribution in [1.29, 1.82) is 0 Å². The highest BCUT2D eigenvalue weighted by atomic mass is 32.1. The molecule has 0 bridgehead atoms. The quantitative estimate of drug-likeness (QED) is 0.0129. The van der Waals surface area contributed by atoms with E-state index in [4.69, 9.17) is 17.2 Å². The van der Waals surface area contributed by atoms with Crippen molar-refractivity contribution >= 4 is 72.1 Å². The van der Waals surface area contributed by atoms with Gasteiger partial charge in [-0.05, 0) is 73.6 Å². The first-order chi connectivity index (χ1) is 38.5. The number of amides is 7. The number of carbonyl (C=O) groups excluding carboxylic acids is 7. The van der Waals surface area contributed by atoms with Crippen molar-refractivity contribution in [2.75, 3.05) is 13.1 Å². The topological polar surface area (TPSA) is 440 Å². The highest BCUT2D eigenvalue weighted by Gasteiger charge is 2.41. The Morgan fingerprint density at radius 3 is 1.96 bits per heavy atom. The van der Waals surface area contributed by atoms with Crippen LogP contribution in [0.1, 0.15) is 83.0 Å². The molecule has 0 unspecified atom stereocenters. The summed E-state index contributed by atoms with van der Waals surface area (Å²) in [6, 6.07) is 3.95. The molecule has 81 heavy (non-hydrogen) atoms. The lowest BCUT2D eigenvalue weighted by atomic mass is 9.96. The second kappa shape index (κ2) is 32.5. The van der Waals surface area contributed by atoms with Gasteiger partial charge < -0.3 is 74.3 Å². The lowest BCUT2D eigenvalue weighted by molar-refractivity contribution is -0.145. The van der Waals surface area contributed by atoms with Gasteiger partial charge in [-0.2, -0.15) is 4.09 Å². The maximum atomic E-state index is 14.6. The lowest BCUT2D eigenvalue weighted by Gasteiger charge is -2.32. The van der Waals surface area contributed by atoms with Gasteiger partial charge in [0.25, 0.3) is 0 Å². The summed E-state index contributed by atoms with van der Waals surface area (Å²) in [5.41, 5.74) is 18.2. The fraction of sp³-hybridized carbons (Fsp3) is 0.481. The van der Waals surface area contributed by atoms with E-state index < -0.39 is 120 Å². The number of benzene rings is 2. The number of phenolic OH excluding ortho intramolecular Hbond substituents is 1. The molecule has 0 aliphatic carbocycles. The zero-order valence-corrected chi connectivity index (χ0v) is 46.3. The molecule has 2 aromatic carbocycles. The number of likely N-dealkylation sites (tertiary alicyclic amines) is 1. The molecule has 4 aromatic rings. The summed E-state index contributed by atoms with van der Waals surface area (Å²) in [7, 11) is 0.